The molecule has 1 aromatic carbocycles. The van der Waals surface area contributed by atoms with E-state index < -0.39 is 0 Å². The molecule has 0 bridgehead atoms. The van der Waals surface area contributed by atoms with E-state index in [0.29, 0.717) is 13.0 Å². The summed E-state index contributed by atoms with van der Waals surface area (Å²) in [6.07, 6.45) is 3.98. The maximum Gasteiger partial charge on any atom is 0.225 e. The zero-order valence-electron chi connectivity index (χ0n) is 12.8. The van der Waals surface area contributed by atoms with Gasteiger partial charge in [0.15, 0.2) is 0 Å². The number of carbonyl (C=O) groups is 1. The van der Waals surface area contributed by atoms with Crippen LogP contribution >= 0.6 is 11.3 Å². The maximum absolute atomic E-state index is 11.8. The van der Waals surface area contributed by atoms with E-state index in [0.717, 1.165) is 11.3 Å². The van der Waals surface area contributed by atoms with E-state index in [9.17, 15) is 4.79 Å². The van der Waals surface area contributed by atoms with Crippen molar-refractivity contribution in [3.8, 4) is 0 Å². The number of thiophene rings is 1. The van der Waals surface area contributed by atoms with Gasteiger partial charge < -0.3 is 10.2 Å². The van der Waals surface area contributed by atoms with Crippen LogP contribution in [0.2, 0.25) is 0 Å². The predicted molar refractivity (Wildman–Crippen MR) is 92.6 cm³/mol. The molecular formula is C18H22N2OS. The third kappa shape index (κ3) is 4.10. The van der Waals surface area contributed by atoms with Crippen LogP contribution in [0.3, 0.4) is 0 Å². The molecule has 2 aromatic rings. The molecule has 1 N–H and O–H groups in total. The molecule has 1 fully saturated rings. The third-order valence-corrected chi connectivity index (χ3v) is 4.93. The SMILES string of the molecule is O=C(Cc1cccs1)NCCc1ccc(N2CCCC2)cc1. The van der Waals surface area contributed by atoms with Crippen LogP contribution in [0.5, 0.6) is 0 Å². The minimum absolute atomic E-state index is 0.108. The second-order valence-corrected chi connectivity index (χ2v) is 6.75. The lowest BCUT2D eigenvalue weighted by Gasteiger charge is -2.17. The van der Waals surface area contributed by atoms with E-state index in [1.807, 2.05) is 17.5 Å². The fraction of sp³-hybridized carbons (Fsp3) is 0.389. The highest BCUT2D eigenvalue weighted by Gasteiger charge is 2.11. The minimum Gasteiger partial charge on any atom is -0.372 e. The van der Waals surface area contributed by atoms with Crippen molar-refractivity contribution >= 4 is 22.9 Å². The van der Waals surface area contributed by atoms with Crippen molar-refractivity contribution in [1.29, 1.82) is 0 Å². The molecule has 1 aliphatic heterocycles. The number of amides is 1. The van der Waals surface area contributed by atoms with Crippen LogP contribution in [0, 0.1) is 0 Å². The molecule has 1 aliphatic rings. The Morgan fingerprint density at radius 3 is 2.59 bits per heavy atom. The smallest absolute Gasteiger partial charge is 0.225 e. The van der Waals surface area contributed by atoms with Crippen LogP contribution in [0.25, 0.3) is 0 Å². The van der Waals surface area contributed by atoms with Gasteiger partial charge in [-0.15, -0.1) is 11.3 Å². The summed E-state index contributed by atoms with van der Waals surface area (Å²) >= 11 is 1.63. The summed E-state index contributed by atoms with van der Waals surface area (Å²) in [7, 11) is 0. The van der Waals surface area contributed by atoms with E-state index in [1.165, 1.54) is 37.2 Å². The van der Waals surface area contributed by atoms with Gasteiger partial charge in [-0.3, -0.25) is 4.79 Å². The number of hydrogen-bond acceptors (Lipinski definition) is 3. The van der Waals surface area contributed by atoms with Crippen LogP contribution in [0.15, 0.2) is 41.8 Å². The van der Waals surface area contributed by atoms with Crippen molar-refractivity contribution in [2.75, 3.05) is 24.5 Å². The van der Waals surface area contributed by atoms with Crippen molar-refractivity contribution in [2.45, 2.75) is 25.7 Å². The average molecular weight is 314 g/mol. The van der Waals surface area contributed by atoms with E-state index >= 15 is 0 Å². The van der Waals surface area contributed by atoms with Crippen molar-refractivity contribution in [2.24, 2.45) is 0 Å². The fourth-order valence-electron chi connectivity index (χ4n) is 2.83. The quantitative estimate of drug-likeness (QED) is 0.887. The lowest BCUT2D eigenvalue weighted by molar-refractivity contribution is -0.120. The lowest BCUT2D eigenvalue weighted by Crippen LogP contribution is -2.26. The summed E-state index contributed by atoms with van der Waals surface area (Å²) in [5, 5.41) is 5.00. The molecule has 22 heavy (non-hydrogen) atoms. The van der Waals surface area contributed by atoms with Crippen LogP contribution in [0.4, 0.5) is 5.69 Å². The molecule has 3 nitrogen and oxygen atoms in total. The van der Waals surface area contributed by atoms with Gasteiger partial charge in [0.1, 0.15) is 0 Å². The average Bonchev–Trinajstić information content (AvgIpc) is 3.21. The first kappa shape index (κ1) is 15.1. The summed E-state index contributed by atoms with van der Waals surface area (Å²) < 4.78 is 0. The Bertz CT molecular complexity index is 586. The summed E-state index contributed by atoms with van der Waals surface area (Å²) in [5.41, 5.74) is 2.60. The van der Waals surface area contributed by atoms with Crippen molar-refractivity contribution in [3.05, 3.63) is 52.2 Å². The van der Waals surface area contributed by atoms with E-state index in [-0.39, 0.29) is 5.91 Å². The second kappa shape index (κ2) is 7.45. The number of hydrogen-bond donors (Lipinski definition) is 1. The molecule has 0 spiro atoms. The van der Waals surface area contributed by atoms with Crippen molar-refractivity contribution in [3.63, 3.8) is 0 Å². The first-order chi connectivity index (χ1) is 10.8. The number of anilines is 1. The highest BCUT2D eigenvalue weighted by Crippen LogP contribution is 2.20. The molecule has 3 rings (SSSR count). The van der Waals surface area contributed by atoms with Crippen LogP contribution in [-0.2, 0) is 17.6 Å². The number of nitrogens with one attached hydrogen (secondary N) is 1. The number of nitrogens with zero attached hydrogens (tertiary/aromatic N) is 1. The van der Waals surface area contributed by atoms with Crippen molar-refractivity contribution in [1.82, 2.24) is 5.32 Å². The predicted octanol–water partition coefficient (Wildman–Crippen LogP) is 3.25. The maximum atomic E-state index is 11.8. The summed E-state index contributed by atoms with van der Waals surface area (Å²) in [4.78, 5) is 15.4. The molecule has 4 heteroatoms. The monoisotopic (exact) mass is 314 g/mol. The van der Waals surface area contributed by atoms with Gasteiger partial charge in [-0.25, -0.2) is 0 Å². The summed E-state index contributed by atoms with van der Waals surface area (Å²) in [5.74, 6) is 0.108. The van der Waals surface area contributed by atoms with Gasteiger partial charge in [0, 0.05) is 30.2 Å². The van der Waals surface area contributed by atoms with Gasteiger partial charge in [-0.2, -0.15) is 0 Å². The highest BCUT2D eigenvalue weighted by atomic mass is 32.1. The van der Waals surface area contributed by atoms with Crippen LogP contribution in [0.1, 0.15) is 23.3 Å². The normalized spacial score (nSPS) is 14.3. The number of benzene rings is 1. The van der Waals surface area contributed by atoms with Gasteiger partial charge in [0.25, 0.3) is 0 Å². The Labute approximate surface area is 136 Å². The van der Waals surface area contributed by atoms with Gasteiger partial charge >= 0.3 is 0 Å². The molecule has 2 heterocycles. The fourth-order valence-corrected chi connectivity index (χ4v) is 3.53. The lowest BCUT2D eigenvalue weighted by atomic mass is 10.1. The Morgan fingerprint density at radius 2 is 1.91 bits per heavy atom. The summed E-state index contributed by atoms with van der Waals surface area (Å²) in [6, 6.07) is 12.7. The largest absolute Gasteiger partial charge is 0.372 e. The second-order valence-electron chi connectivity index (χ2n) is 5.72. The van der Waals surface area contributed by atoms with E-state index in [2.05, 4.69) is 34.5 Å². The zero-order valence-corrected chi connectivity index (χ0v) is 13.6. The third-order valence-electron chi connectivity index (χ3n) is 4.06. The molecule has 0 saturated carbocycles. The van der Waals surface area contributed by atoms with Gasteiger partial charge in [-0.05, 0) is 48.4 Å². The molecule has 116 valence electrons. The highest BCUT2D eigenvalue weighted by molar-refractivity contribution is 7.10. The van der Waals surface area contributed by atoms with E-state index in [4.69, 9.17) is 0 Å². The first-order valence-electron chi connectivity index (χ1n) is 7.94. The molecule has 0 atom stereocenters. The first-order valence-corrected chi connectivity index (χ1v) is 8.82. The number of rotatable bonds is 6. The standard InChI is InChI=1S/C18H22N2OS/c21-18(14-17-4-3-13-22-17)19-10-9-15-5-7-16(8-6-15)20-11-1-2-12-20/h3-8,13H,1-2,9-12,14H2,(H,19,21). The minimum atomic E-state index is 0.108. The molecule has 1 aromatic heterocycles. The topological polar surface area (TPSA) is 32.3 Å². The van der Waals surface area contributed by atoms with Crippen LogP contribution < -0.4 is 10.2 Å². The molecule has 0 aliphatic carbocycles. The Kier molecular flexibility index (Phi) is 5.11. The van der Waals surface area contributed by atoms with E-state index in [1.54, 1.807) is 11.3 Å². The summed E-state index contributed by atoms with van der Waals surface area (Å²) in [6.45, 7) is 3.06. The number of carbonyl (C=O) groups excluding carboxylic acids is 1. The van der Waals surface area contributed by atoms with Gasteiger partial charge in [-0.1, -0.05) is 18.2 Å². The zero-order chi connectivity index (χ0) is 15.2. The Hall–Kier alpha value is -1.81. The van der Waals surface area contributed by atoms with Gasteiger partial charge in [0.2, 0.25) is 5.91 Å². The molecule has 0 radical (unpaired) electrons. The Morgan fingerprint density at radius 1 is 1.14 bits per heavy atom. The molecule has 1 amide bonds. The Balaban J connectivity index is 1.42. The van der Waals surface area contributed by atoms with Crippen molar-refractivity contribution < 1.29 is 4.79 Å². The molecule has 0 unspecified atom stereocenters. The van der Waals surface area contributed by atoms with Gasteiger partial charge in [0.05, 0.1) is 6.42 Å². The molecule has 1 saturated heterocycles. The molecular weight excluding hydrogens is 292 g/mol. The van der Waals surface area contributed by atoms with Crippen LogP contribution in [-0.4, -0.2) is 25.5 Å².